The lowest BCUT2D eigenvalue weighted by Gasteiger charge is -2.10. The van der Waals surface area contributed by atoms with Crippen molar-refractivity contribution in [3.05, 3.63) is 5.82 Å². The highest BCUT2D eigenvalue weighted by Crippen LogP contribution is 2.37. The number of nitrogens with zero attached hydrogens (tertiary/aromatic N) is 3. The fourth-order valence-electron chi connectivity index (χ4n) is 1.13. The molecule has 1 aromatic heterocycles. The molecule has 1 aromatic rings. The maximum Gasteiger partial charge on any atom is 0.251 e. The lowest BCUT2D eigenvalue weighted by atomic mass is 10.6. The average Bonchev–Trinajstić information content (AvgIpc) is 2.73. The van der Waals surface area contributed by atoms with Crippen LogP contribution in [-0.4, -0.2) is 29.1 Å². The molecule has 1 aliphatic heterocycles. The molecule has 0 atom stereocenters. The number of anilines is 1. The van der Waals surface area contributed by atoms with E-state index in [9.17, 15) is 0 Å². The van der Waals surface area contributed by atoms with Gasteiger partial charge in [0.2, 0.25) is 5.13 Å². The Morgan fingerprint density at radius 3 is 2.71 bits per heavy atom. The second-order valence-electron chi connectivity index (χ2n) is 2.82. The standard InChI is InChI=1S/C6H7Cl3N4S/c7-6(8,9)4-11-5(14-12-4)13-2-1-10-3-13/h10H,1-3H2. The lowest BCUT2D eigenvalue weighted by Crippen LogP contribution is -2.20. The summed E-state index contributed by atoms with van der Waals surface area (Å²) in [6.45, 7) is 2.63. The van der Waals surface area contributed by atoms with Crippen LogP contribution >= 0.6 is 46.3 Å². The topological polar surface area (TPSA) is 41.1 Å². The van der Waals surface area contributed by atoms with Crippen molar-refractivity contribution < 1.29 is 0 Å². The first-order valence-corrected chi connectivity index (χ1v) is 5.84. The Kier molecular flexibility index (Phi) is 3.04. The smallest absolute Gasteiger partial charge is 0.251 e. The Bertz CT molecular complexity index is 317. The fraction of sp³-hybridized carbons (Fsp3) is 0.667. The van der Waals surface area contributed by atoms with Gasteiger partial charge in [-0.1, -0.05) is 34.8 Å². The summed E-state index contributed by atoms with van der Waals surface area (Å²) in [5.74, 6) is 0.245. The molecule has 0 saturated carbocycles. The quantitative estimate of drug-likeness (QED) is 0.791. The van der Waals surface area contributed by atoms with Gasteiger partial charge in [0.25, 0.3) is 3.79 Å². The highest BCUT2D eigenvalue weighted by molar-refractivity contribution is 7.09. The second-order valence-corrected chi connectivity index (χ2v) is 5.83. The summed E-state index contributed by atoms with van der Waals surface area (Å²) in [5.41, 5.74) is 0. The van der Waals surface area contributed by atoms with E-state index in [2.05, 4.69) is 19.6 Å². The maximum absolute atomic E-state index is 5.66. The van der Waals surface area contributed by atoms with Crippen LogP contribution in [0, 0.1) is 0 Å². The molecule has 2 rings (SSSR count). The van der Waals surface area contributed by atoms with Gasteiger partial charge < -0.3 is 4.90 Å². The number of hydrogen-bond donors (Lipinski definition) is 1. The van der Waals surface area contributed by atoms with E-state index in [0.29, 0.717) is 0 Å². The summed E-state index contributed by atoms with van der Waals surface area (Å²) in [7, 11) is 0. The third-order valence-electron chi connectivity index (χ3n) is 1.80. The third-order valence-corrected chi connectivity index (χ3v) is 3.08. The molecule has 0 unspecified atom stereocenters. The fourth-order valence-corrected chi connectivity index (χ4v) is 2.28. The lowest BCUT2D eigenvalue weighted by molar-refractivity contribution is 0.851. The highest BCUT2D eigenvalue weighted by atomic mass is 35.6. The molecular formula is C6H7Cl3N4S. The SMILES string of the molecule is ClC(Cl)(Cl)c1nsc(N2CCNC2)n1. The van der Waals surface area contributed by atoms with Crippen LogP contribution in [0.25, 0.3) is 0 Å². The molecule has 8 heteroatoms. The van der Waals surface area contributed by atoms with E-state index in [1.807, 2.05) is 0 Å². The van der Waals surface area contributed by atoms with E-state index in [1.165, 1.54) is 11.5 Å². The van der Waals surface area contributed by atoms with E-state index in [1.54, 1.807) is 0 Å². The van der Waals surface area contributed by atoms with Crippen molar-refractivity contribution in [2.24, 2.45) is 0 Å². The molecule has 1 fully saturated rings. The number of halogens is 3. The molecule has 1 N–H and O–H groups in total. The highest BCUT2D eigenvalue weighted by Gasteiger charge is 2.29. The van der Waals surface area contributed by atoms with Gasteiger partial charge in [-0.3, -0.25) is 5.32 Å². The molecule has 4 nitrogen and oxygen atoms in total. The van der Waals surface area contributed by atoms with Crippen molar-refractivity contribution >= 4 is 51.5 Å². The van der Waals surface area contributed by atoms with E-state index >= 15 is 0 Å². The van der Waals surface area contributed by atoms with Crippen LogP contribution in [0.5, 0.6) is 0 Å². The summed E-state index contributed by atoms with van der Waals surface area (Å²) >= 11 is 18.2. The van der Waals surface area contributed by atoms with Gasteiger partial charge in [-0.05, 0) is 0 Å². The number of alkyl halides is 3. The molecule has 0 spiro atoms. The molecule has 0 amide bonds. The summed E-state index contributed by atoms with van der Waals surface area (Å²) in [6, 6.07) is 0. The molecule has 0 aromatic carbocycles. The second kappa shape index (κ2) is 3.98. The first-order chi connectivity index (χ1) is 6.57. The van der Waals surface area contributed by atoms with Gasteiger partial charge in [0.15, 0.2) is 5.82 Å². The first kappa shape index (κ1) is 10.7. The average molecular weight is 274 g/mol. The zero-order valence-corrected chi connectivity index (χ0v) is 10.1. The summed E-state index contributed by atoms with van der Waals surface area (Å²) in [6.07, 6.45) is 0. The summed E-state index contributed by atoms with van der Waals surface area (Å²) in [5, 5.41) is 3.97. The van der Waals surface area contributed by atoms with E-state index < -0.39 is 3.79 Å². The maximum atomic E-state index is 5.66. The van der Waals surface area contributed by atoms with Crippen LogP contribution in [0.1, 0.15) is 5.82 Å². The monoisotopic (exact) mass is 272 g/mol. The van der Waals surface area contributed by atoms with Crippen LogP contribution in [0.3, 0.4) is 0 Å². The van der Waals surface area contributed by atoms with Crippen molar-refractivity contribution in [2.45, 2.75) is 3.79 Å². The van der Waals surface area contributed by atoms with Crippen LogP contribution in [0.4, 0.5) is 5.13 Å². The predicted octanol–water partition coefficient (Wildman–Crippen LogP) is 1.73. The van der Waals surface area contributed by atoms with Gasteiger partial charge in [-0.25, -0.2) is 0 Å². The Labute approximate surface area is 100 Å². The van der Waals surface area contributed by atoms with Gasteiger partial charge in [-0.15, -0.1) is 0 Å². The molecule has 0 radical (unpaired) electrons. The van der Waals surface area contributed by atoms with Crippen LogP contribution in [0.15, 0.2) is 0 Å². The molecule has 78 valence electrons. The largest absolute Gasteiger partial charge is 0.333 e. The van der Waals surface area contributed by atoms with Crippen molar-refractivity contribution in [1.29, 1.82) is 0 Å². The van der Waals surface area contributed by atoms with Crippen molar-refractivity contribution in [3.63, 3.8) is 0 Å². The number of nitrogens with one attached hydrogen (secondary N) is 1. The van der Waals surface area contributed by atoms with Crippen LogP contribution in [-0.2, 0) is 3.79 Å². The zero-order valence-electron chi connectivity index (χ0n) is 7.01. The molecule has 0 aliphatic carbocycles. The van der Waals surface area contributed by atoms with E-state index in [0.717, 1.165) is 24.9 Å². The summed E-state index contributed by atoms with van der Waals surface area (Å²) in [4.78, 5) is 6.21. The first-order valence-electron chi connectivity index (χ1n) is 3.94. The summed E-state index contributed by atoms with van der Waals surface area (Å²) < 4.78 is 2.47. The minimum atomic E-state index is -1.53. The van der Waals surface area contributed by atoms with Gasteiger partial charge in [0, 0.05) is 24.6 Å². The molecule has 1 saturated heterocycles. The number of aromatic nitrogens is 2. The van der Waals surface area contributed by atoms with Gasteiger partial charge in [-0.2, -0.15) is 9.36 Å². The Balaban J connectivity index is 2.17. The molecule has 2 heterocycles. The molecule has 14 heavy (non-hydrogen) atoms. The molecule has 1 aliphatic rings. The third kappa shape index (κ3) is 2.23. The van der Waals surface area contributed by atoms with Crippen LogP contribution < -0.4 is 10.2 Å². The predicted molar refractivity (Wildman–Crippen MR) is 59.4 cm³/mol. The van der Waals surface area contributed by atoms with E-state index in [-0.39, 0.29) is 5.82 Å². The number of hydrogen-bond acceptors (Lipinski definition) is 5. The zero-order chi connectivity index (χ0) is 10.2. The van der Waals surface area contributed by atoms with E-state index in [4.69, 9.17) is 34.8 Å². The van der Waals surface area contributed by atoms with Gasteiger partial charge in [0.05, 0.1) is 6.67 Å². The molecular weight excluding hydrogens is 267 g/mol. The molecule has 0 bridgehead atoms. The Hall–Kier alpha value is 0.190. The minimum Gasteiger partial charge on any atom is -0.333 e. The Morgan fingerprint density at radius 2 is 2.21 bits per heavy atom. The van der Waals surface area contributed by atoms with Crippen molar-refractivity contribution in [3.8, 4) is 0 Å². The minimum absolute atomic E-state index is 0.245. The van der Waals surface area contributed by atoms with Gasteiger partial charge >= 0.3 is 0 Å². The van der Waals surface area contributed by atoms with Crippen molar-refractivity contribution in [2.75, 3.05) is 24.7 Å². The van der Waals surface area contributed by atoms with Crippen LogP contribution in [0.2, 0.25) is 0 Å². The number of rotatable bonds is 1. The normalized spacial score (nSPS) is 17.8. The Morgan fingerprint density at radius 1 is 1.43 bits per heavy atom. The van der Waals surface area contributed by atoms with Gasteiger partial charge in [0.1, 0.15) is 0 Å². The van der Waals surface area contributed by atoms with Crippen molar-refractivity contribution in [1.82, 2.24) is 14.7 Å².